The Morgan fingerprint density at radius 3 is 2.16 bits per heavy atom. The molecule has 106 valence electrons. The average molecular weight is 303 g/mol. The first kappa shape index (κ1) is 16.1. The molecule has 0 aliphatic carbocycles. The lowest BCUT2D eigenvalue weighted by atomic mass is 9.96. The van der Waals surface area contributed by atoms with Crippen LogP contribution in [0.5, 0.6) is 0 Å². The van der Waals surface area contributed by atoms with E-state index in [0.29, 0.717) is 4.20 Å². The fraction of sp³-hybridized carbons (Fsp3) is 0.667. The summed E-state index contributed by atoms with van der Waals surface area (Å²) in [4.78, 5) is 36.8. The molecule has 1 heterocycles. The number of Topliss-reactive ketones (excluding diaryl/α,β-unsaturated/α-hetero) is 2. The summed E-state index contributed by atoms with van der Waals surface area (Å²) in [6.45, 7) is 4.91. The number of likely N-dealkylation sites (tertiary alicyclic amines) is 1. The number of thiocarbonyl (C=S) groups is 1. The molecule has 0 radical (unpaired) electrons. The molecule has 1 aliphatic rings. The summed E-state index contributed by atoms with van der Waals surface area (Å²) in [5.74, 6) is -1.56. The van der Waals surface area contributed by atoms with Crippen molar-refractivity contribution in [1.82, 2.24) is 4.90 Å². The second kappa shape index (κ2) is 6.00. The molecular weight excluding hydrogens is 286 g/mol. The Morgan fingerprint density at radius 1 is 1.32 bits per heavy atom. The smallest absolute Gasteiger partial charge is 0.411 e. The molecule has 0 saturated carbocycles. The first-order valence-electron chi connectivity index (χ1n) is 5.77. The number of thioether (sulfide) groups is 1. The number of carbonyl (C=O) groups is 3. The van der Waals surface area contributed by atoms with Gasteiger partial charge >= 0.3 is 6.09 Å². The first-order chi connectivity index (χ1) is 8.65. The zero-order chi connectivity index (χ0) is 14.8. The van der Waals surface area contributed by atoms with Crippen molar-refractivity contribution in [3.63, 3.8) is 0 Å². The number of rotatable bonds is 1. The third kappa shape index (κ3) is 4.28. The van der Waals surface area contributed by atoms with Gasteiger partial charge in [0.2, 0.25) is 0 Å². The van der Waals surface area contributed by atoms with E-state index in [9.17, 15) is 14.4 Å². The van der Waals surface area contributed by atoms with Crippen LogP contribution in [0.1, 0.15) is 20.8 Å². The van der Waals surface area contributed by atoms with Gasteiger partial charge < -0.3 is 4.74 Å². The number of amides is 1. The highest BCUT2D eigenvalue weighted by Crippen LogP contribution is 2.20. The maximum atomic E-state index is 11.9. The van der Waals surface area contributed by atoms with Crippen LogP contribution >= 0.6 is 24.0 Å². The molecule has 7 heteroatoms. The van der Waals surface area contributed by atoms with E-state index in [4.69, 9.17) is 17.0 Å². The van der Waals surface area contributed by atoms with E-state index in [1.54, 1.807) is 27.0 Å². The summed E-state index contributed by atoms with van der Waals surface area (Å²) in [5.41, 5.74) is -0.658. The number of ether oxygens (including phenoxy) is 1. The summed E-state index contributed by atoms with van der Waals surface area (Å²) in [6.07, 6.45) is 1.08. The summed E-state index contributed by atoms with van der Waals surface area (Å²) in [7, 11) is 0. The molecule has 0 aromatic heterocycles. The predicted octanol–water partition coefficient (Wildman–Crippen LogP) is 1.68. The van der Waals surface area contributed by atoms with Crippen molar-refractivity contribution >= 4 is 45.8 Å². The van der Waals surface area contributed by atoms with E-state index in [-0.39, 0.29) is 24.7 Å². The highest BCUT2D eigenvalue weighted by atomic mass is 32.2. The van der Waals surface area contributed by atoms with Gasteiger partial charge in [-0.15, -0.1) is 11.8 Å². The van der Waals surface area contributed by atoms with Crippen molar-refractivity contribution in [3.05, 3.63) is 0 Å². The van der Waals surface area contributed by atoms with Crippen LogP contribution in [-0.4, -0.2) is 51.7 Å². The lowest BCUT2D eigenvalue weighted by molar-refractivity contribution is -0.135. The standard InChI is InChI=1S/C12H17NO4S2/c1-12(2,3)17-11(16)13-5-7(14)9(8(15)6-13)10(18)19-4/h9H,5-6H2,1-4H3. The van der Waals surface area contributed by atoms with Gasteiger partial charge in [0.05, 0.1) is 17.3 Å². The average Bonchev–Trinajstić information content (AvgIpc) is 2.25. The van der Waals surface area contributed by atoms with Crippen LogP contribution in [0, 0.1) is 5.92 Å². The van der Waals surface area contributed by atoms with Gasteiger partial charge in [0, 0.05) is 0 Å². The lowest BCUT2D eigenvalue weighted by Gasteiger charge is -2.31. The largest absolute Gasteiger partial charge is 0.444 e. The van der Waals surface area contributed by atoms with Crippen molar-refractivity contribution in [2.24, 2.45) is 5.92 Å². The first-order valence-corrected chi connectivity index (χ1v) is 7.40. The SMILES string of the molecule is CSC(=S)C1C(=O)CN(C(=O)OC(C)(C)C)CC1=O. The fourth-order valence-electron chi connectivity index (χ4n) is 1.63. The normalized spacial score (nSPS) is 17.6. The highest BCUT2D eigenvalue weighted by Gasteiger charge is 2.39. The van der Waals surface area contributed by atoms with Crippen LogP contribution < -0.4 is 0 Å². The minimum absolute atomic E-state index is 0.133. The molecule has 0 unspecified atom stereocenters. The molecule has 1 fully saturated rings. The Kier molecular flexibility index (Phi) is 5.09. The quantitative estimate of drug-likeness (QED) is 0.542. The van der Waals surface area contributed by atoms with E-state index in [1.165, 1.54) is 11.8 Å². The molecule has 1 amide bonds. The van der Waals surface area contributed by atoms with Gasteiger partial charge in [-0.2, -0.15) is 0 Å². The van der Waals surface area contributed by atoms with Crippen LogP contribution in [0.4, 0.5) is 4.79 Å². The van der Waals surface area contributed by atoms with Crippen molar-refractivity contribution in [2.75, 3.05) is 19.3 Å². The second-order valence-electron chi connectivity index (χ2n) is 5.23. The molecule has 0 N–H and O–H groups in total. The maximum Gasteiger partial charge on any atom is 0.411 e. The van der Waals surface area contributed by atoms with Gasteiger partial charge in [-0.05, 0) is 27.0 Å². The van der Waals surface area contributed by atoms with Gasteiger partial charge in [-0.25, -0.2) is 4.79 Å². The Bertz CT molecular complexity index is 410. The number of hydrogen-bond acceptors (Lipinski definition) is 6. The molecule has 0 atom stereocenters. The van der Waals surface area contributed by atoms with Crippen LogP contribution in [0.3, 0.4) is 0 Å². The Balaban J connectivity index is 2.75. The fourth-order valence-corrected chi connectivity index (χ4v) is 2.39. The molecular formula is C12H17NO4S2. The summed E-state index contributed by atoms with van der Waals surface area (Å²) in [5, 5.41) is 0. The van der Waals surface area contributed by atoms with E-state index in [0.717, 1.165) is 4.90 Å². The summed E-state index contributed by atoms with van der Waals surface area (Å²) >= 11 is 6.22. The molecule has 1 saturated heterocycles. The van der Waals surface area contributed by atoms with Crippen LogP contribution in [0.25, 0.3) is 0 Å². The van der Waals surface area contributed by atoms with Gasteiger partial charge in [-0.1, -0.05) is 12.2 Å². The minimum atomic E-state index is -0.872. The molecule has 1 aliphatic heterocycles. The molecule has 0 aromatic carbocycles. The van der Waals surface area contributed by atoms with Crippen molar-refractivity contribution < 1.29 is 19.1 Å². The van der Waals surface area contributed by atoms with E-state index < -0.39 is 17.6 Å². The highest BCUT2D eigenvalue weighted by molar-refractivity contribution is 8.22. The van der Waals surface area contributed by atoms with E-state index in [1.807, 2.05) is 0 Å². The van der Waals surface area contributed by atoms with E-state index >= 15 is 0 Å². The number of hydrogen-bond donors (Lipinski definition) is 0. The Hall–Kier alpha value is -0.950. The lowest BCUT2D eigenvalue weighted by Crippen LogP contribution is -2.52. The van der Waals surface area contributed by atoms with Gasteiger partial charge in [0.25, 0.3) is 0 Å². The van der Waals surface area contributed by atoms with Crippen LogP contribution in [0.2, 0.25) is 0 Å². The number of carbonyl (C=O) groups excluding carboxylic acids is 3. The molecule has 0 bridgehead atoms. The molecule has 1 rings (SSSR count). The van der Waals surface area contributed by atoms with Crippen molar-refractivity contribution in [1.29, 1.82) is 0 Å². The minimum Gasteiger partial charge on any atom is -0.444 e. The molecule has 0 aromatic rings. The predicted molar refractivity (Wildman–Crippen MR) is 77.4 cm³/mol. The maximum absolute atomic E-state index is 11.9. The number of piperidine rings is 1. The van der Waals surface area contributed by atoms with Crippen molar-refractivity contribution in [2.45, 2.75) is 26.4 Å². The Labute approximate surface area is 122 Å². The number of ketones is 2. The Morgan fingerprint density at radius 2 is 1.79 bits per heavy atom. The van der Waals surface area contributed by atoms with Crippen molar-refractivity contribution in [3.8, 4) is 0 Å². The van der Waals surface area contributed by atoms with Gasteiger partial charge in [0.1, 0.15) is 11.5 Å². The topological polar surface area (TPSA) is 63.7 Å². The second-order valence-corrected chi connectivity index (χ2v) is 6.77. The van der Waals surface area contributed by atoms with Crippen LogP contribution in [0.15, 0.2) is 0 Å². The summed E-state index contributed by atoms with van der Waals surface area (Å²) < 4.78 is 5.50. The van der Waals surface area contributed by atoms with E-state index in [2.05, 4.69) is 0 Å². The summed E-state index contributed by atoms with van der Waals surface area (Å²) in [6, 6.07) is 0. The number of nitrogens with zero attached hydrogens (tertiary/aromatic N) is 1. The molecule has 0 spiro atoms. The van der Waals surface area contributed by atoms with Crippen LogP contribution in [-0.2, 0) is 14.3 Å². The van der Waals surface area contributed by atoms with Gasteiger partial charge in [-0.3, -0.25) is 14.5 Å². The monoisotopic (exact) mass is 303 g/mol. The molecule has 5 nitrogen and oxygen atoms in total. The zero-order valence-corrected chi connectivity index (χ0v) is 13.0. The third-order valence-corrected chi connectivity index (χ3v) is 3.80. The molecule has 19 heavy (non-hydrogen) atoms. The zero-order valence-electron chi connectivity index (χ0n) is 11.4. The van der Waals surface area contributed by atoms with Gasteiger partial charge in [0.15, 0.2) is 11.6 Å². The third-order valence-electron chi connectivity index (χ3n) is 2.43.